The van der Waals surface area contributed by atoms with Crippen LogP contribution in [0.15, 0.2) is 24.3 Å². The highest BCUT2D eigenvalue weighted by molar-refractivity contribution is 5.91. The molecule has 0 aliphatic carbocycles. The van der Waals surface area contributed by atoms with Gasteiger partial charge in [-0.1, -0.05) is 13.0 Å². The van der Waals surface area contributed by atoms with Crippen molar-refractivity contribution in [1.82, 2.24) is 25.5 Å². The molecule has 0 spiro atoms. The molecule has 0 saturated carbocycles. The van der Waals surface area contributed by atoms with Gasteiger partial charge in [0.2, 0.25) is 5.95 Å². The lowest BCUT2D eigenvalue weighted by Gasteiger charge is -2.37. The summed E-state index contributed by atoms with van der Waals surface area (Å²) in [7, 11) is 1.80. The Morgan fingerprint density at radius 1 is 1.24 bits per heavy atom. The molecule has 33 heavy (non-hydrogen) atoms. The van der Waals surface area contributed by atoms with Gasteiger partial charge >= 0.3 is 6.09 Å². The summed E-state index contributed by atoms with van der Waals surface area (Å²) < 4.78 is 5.45. The van der Waals surface area contributed by atoms with Crippen LogP contribution in [0.3, 0.4) is 0 Å². The monoisotopic (exact) mass is 452 g/mol. The predicted molar refractivity (Wildman–Crippen MR) is 130 cm³/mol. The number of carbonyl (C=O) groups is 1. The smallest absolute Gasteiger partial charge is 0.407 e. The van der Waals surface area contributed by atoms with Gasteiger partial charge in [0.1, 0.15) is 11.4 Å². The summed E-state index contributed by atoms with van der Waals surface area (Å²) in [5, 5.41) is 14.0. The Morgan fingerprint density at radius 3 is 2.76 bits per heavy atom. The number of nitrogen functional groups attached to an aromatic ring is 1. The molecule has 1 aliphatic heterocycles. The maximum absolute atomic E-state index is 12.3. The molecule has 0 unspecified atom stereocenters. The third kappa shape index (κ3) is 5.27. The summed E-state index contributed by atoms with van der Waals surface area (Å²) in [5.41, 5.74) is 7.94. The Kier molecular flexibility index (Phi) is 6.01. The second kappa shape index (κ2) is 8.76. The van der Waals surface area contributed by atoms with Crippen molar-refractivity contribution in [3.05, 3.63) is 24.3 Å². The standard InChI is InChI=1S/C23H32N8O2/c1-13-8-15(26-22(32)33-23(2,3)4)12-31(11-13)19-10-17(27-21(25-5)28-19)14-6-7-16-18(9-14)29-30-20(16)24/h6-7,9-10,13,15H,8,11-12H2,1-5H3,(H,26,32)(H3,24,29,30)(H,25,27,28)/t13-,15-/m1/s1. The van der Waals surface area contributed by atoms with E-state index in [0.717, 1.165) is 40.9 Å². The molecule has 0 radical (unpaired) electrons. The number of rotatable bonds is 4. The minimum atomic E-state index is -0.534. The molecule has 10 heteroatoms. The molecule has 1 aliphatic rings. The number of aromatic nitrogens is 4. The average molecular weight is 453 g/mol. The van der Waals surface area contributed by atoms with Crippen LogP contribution in [-0.2, 0) is 4.74 Å². The van der Waals surface area contributed by atoms with Crippen molar-refractivity contribution in [2.45, 2.75) is 45.8 Å². The number of H-pyrrole nitrogens is 1. The van der Waals surface area contributed by atoms with Gasteiger partial charge in [-0.2, -0.15) is 10.1 Å². The first-order valence-electron chi connectivity index (χ1n) is 11.2. The van der Waals surface area contributed by atoms with E-state index in [4.69, 9.17) is 15.5 Å². The van der Waals surface area contributed by atoms with Crippen LogP contribution in [0.2, 0.25) is 0 Å². The Balaban J connectivity index is 1.60. The van der Waals surface area contributed by atoms with E-state index in [2.05, 4.69) is 37.6 Å². The largest absolute Gasteiger partial charge is 0.444 e. The third-order valence-corrected chi connectivity index (χ3v) is 5.53. The number of anilines is 3. The molecule has 1 saturated heterocycles. The number of nitrogens with zero attached hydrogens (tertiary/aromatic N) is 4. The number of amides is 1. The Bertz CT molecular complexity index is 1150. The molecule has 1 aromatic carbocycles. The number of aromatic amines is 1. The first-order valence-corrected chi connectivity index (χ1v) is 11.2. The minimum Gasteiger partial charge on any atom is -0.444 e. The summed E-state index contributed by atoms with van der Waals surface area (Å²) in [5.74, 6) is 2.18. The molecule has 3 aromatic rings. The molecule has 2 aromatic heterocycles. The van der Waals surface area contributed by atoms with E-state index in [1.54, 1.807) is 7.05 Å². The normalized spacial score (nSPS) is 18.9. The molecule has 5 N–H and O–H groups in total. The molecule has 3 heterocycles. The molecule has 176 valence electrons. The van der Waals surface area contributed by atoms with Crippen molar-refractivity contribution in [1.29, 1.82) is 0 Å². The fourth-order valence-corrected chi connectivity index (χ4v) is 4.17. The van der Waals surface area contributed by atoms with Gasteiger partial charge in [-0.25, -0.2) is 9.78 Å². The summed E-state index contributed by atoms with van der Waals surface area (Å²) in [6.45, 7) is 9.23. The molecule has 1 fully saturated rings. The van der Waals surface area contributed by atoms with Gasteiger partial charge in [0.15, 0.2) is 5.82 Å². The van der Waals surface area contributed by atoms with E-state index in [9.17, 15) is 4.79 Å². The second-order valence-corrected chi connectivity index (χ2v) is 9.64. The zero-order valence-corrected chi connectivity index (χ0v) is 19.8. The zero-order valence-electron chi connectivity index (χ0n) is 19.8. The summed E-state index contributed by atoms with van der Waals surface area (Å²) in [4.78, 5) is 23.9. The maximum atomic E-state index is 12.3. The molecule has 1 amide bonds. The maximum Gasteiger partial charge on any atom is 0.407 e. The highest BCUT2D eigenvalue weighted by Crippen LogP contribution is 2.29. The van der Waals surface area contributed by atoms with Crippen molar-refractivity contribution >= 4 is 34.6 Å². The van der Waals surface area contributed by atoms with Crippen molar-refractivity contribution in [3.63, 3.8) is 0 Å². The number of benzene rings is 1. The number of nitrogens with one attached hydrogen (secondary N) is 3. The number of hydrogen-bond donors (Lipinski definition) is 4. The van der Waals surface area contributed by atoms with E-state index in [1.165, 1.54) is 0 Å². The van der Waals surface area contributed by atoms with E-state index >= 15 is 0 Å². The number of hydrogen-bond acceptors (Lipinski definition) is 8. The van der Waals surface area contributed by atoms with Gasteiger partial charge in [-0.05, 0) is 45.2 Å². The molecular formula is C23H32N8O2. The number of carbonyl (C=O) groups excluding carboxylic acids is 1. The van der Waals surface area contributed by atoms with Crippen molar-refractivity contribution in [2.24, 2.45) is 5.92 Å². The number of alkyl carbamates (subject to hydrolysis) is 1. The average Bonchev–Trinajstić information content (AvgIpc) is 3.11. The first-order chi connectivity index (χ1) is 15.6. The fourth-order valence-electron chi connectivity index (χ4n) is 4.17. The van der Waals surface area contributed by atoms with E-state index in [0.29, 0.717) is 24.2 Å². The number of piperidine rings is 1. The van der Waals surface area contributed by atoms with Crippen molar-refractivity contribution in [2.75, 3.05) is 36.1 Å². The number of ether oxygens (including phenoxy) is 1. The SMILES string of the molecule is CNc1nc(-c2ccc3c(N)n[nH]c3c2)cc(N2C[C@H](C)C[C@@H](NC(=O)OC(C)(C)C)C2)n1. The molecular weight excluding hydrogens is 420 g/mol. The molecule has 4 rings (SSSR count). The minimum absolute atomic E-state index is 0.0376. The molecule has 0 bridgehead atoms. The van der Waals surface area contributed by atoms with Crippen LogP contribution in [0.5, 0.6) is 0 Å². The van der Waals surface area contributed by atoms with Gasteiger partial charge in [0.05, 0.1) is 17.3 Å². The lowest BCUT2D eigenvalue weighted by Crippen LogP contribution is -2.51. The van der Waals surface area contributed by atoms with Crippen LogP contribution >= 0.6 is 0 Å². The van der Waals surface area contributed by atoms with Crippen LogP contribution in [0.1, 0.15) is 34.1 Å². The first kappa shape index (κ1) is 22.6. The van der Waals surface area contributed by atoms with Crippen molar-refractivity contribution in [3.8, 4) is 11.3 Å². The summed E-state index contributed by atoms with van der Waals surface area (Å²) in [6, 6.07) is 7.84. The van der Waals surface area contributed by atoms with Crippen LogP contribution in [0.4, 0.5) is 22.4 Å². The Morgan fingerprint density at radius 2 is 2.03 bits per heavy atom. The summed E-state index contributed by atoms with van der Waals surface area (Å²) >= 11 is 0. The number of nitrogens with two attached hydrogens (primary N) is 1. The van der Waals surface area contributed by atoms with Crippen LogP contribution in [0, 0.1) is 5.92 Å². The lowest BCUT2D eigenvalue weighted by molar-refractivity contribution is 0.0495. The van der Waals surface area contributed by atoms with Crippen LogP contribution in [0.25, 0.3) is 22.2 Å². The quantitative estimate of drug-likeness (QED) is 0.473. The Labute approximate surface area is 193 Å². The van der Waals surface area contributed by atoms with Gasteiger partial charge < -0.3 is 26.0 Å². The van der Waals surface area contributed by atoms with Gasteiger partial charge in [-0.3, -0.25) is 5.10 Å². The predicted octanol–water partition coefficient (Wildman–Crippen LogP) is 3.38. The third-order valence-electron chi connectivity index (χ3n) is 5.53. The van der Waals surface area contributed by atoms with Gasteiger partial charge in [0.25, 0.3) is 0 Å². The molecule has 10 nitrogen and oxygen atoms in total. The van der Waals surface area contributed by atoms with E-state index < -0.39 is 11.7 Å². The van der Waals surface area contributed by atoms with E-state index in [1.807, 2.05) is 45.0 Å². The Hall–Kier alpha value is -3.56. The fraction of sp³-hybridized carbons (Fsp3) is 0.478. The van der Waals surface area contributed by atoms with Crippen LogP contribution < -0.4 is 21.3 Å². The summed E-state index contributed by atoms with van der Waals surface area (Å²) in [6.07, 6.45) is 0.484. The highest BCUT2D eigenvalue weighted by atomic mass is 16.6. The second-order valence-electron chi connectivity index (χ2n) is 9.64. The van der Waals surface area contributed by atoms with Crippen LogP contribution in [-0.4, -0.2) is 58.0 Å². The van der Waals surface area contributed by atoms with E-state index in [-0.39, 0.29) is 6.04 Å². The lowest BCUT2D eigenvalue weighted by atomic mass is 9.96. The highest BCUT2D eigenvalue weighted by Gasteiger charge is 2.29. The van der Waals surface area contributed by atoms with Gasteiger partial charge in [0, 0.05) is 37.2 Å². The number of fused-ring (bicyclic) bond motifs is 1. The van der Waals surface area contributed by atoms with Gasteiger partial charge in [-0.15, -0.1) is 0 Å². The zero-order chi connectivity index (χ0) is 23.8. The van der Waals surface area contributed by atoms with Crippen molar-refractivity contribution < 1.29 is 9.53 Å². The molecule has 2 atom stereocenters. The topological polar surface area (TPSA) is 134 Å².